The molecule has 0 unspecified atom stereocenters. The number of aromatic nitrogens is 1. The summed E-state index contributed by atoms with van der Waals surface area (Å²) in [6.45, 7) is 4.28. The molecule has 0 aromatic carbocycles. The summed E-state index contributed by atoms with van der Waals surface area (Å²) >= 11 is 0. The van der Waals surface area contributed by atoms with E-state index in [1.54, 1.807) is 4.73 Å². The molecule has 9 heavy (non-hydrogen) atoms. The van der Waals surface area contributed by atoms with E-state index in [0.29, 0.717) is 0 Å². The Balaban J connectivity index is 2.48. The third-order valence-corrected chi connectivity index (χ3v) is 1.57. The Morgan fingerprint density at radius 1 is 1.22 bits per heavy atom. The third-order valence-electron chi connectivity index (χ3n) is 0.910. The van der Waals surface area contributed by atoms with Crippen molar-refractivity contribution in [3.8, 4) is 0 Å². The molecule has 1 heterocycles. The lowest BCUT2D eigenvalue weighted by atomic mass is 10.7. The molecule has 0 aliphatic carbocycles. The fraction of sp³-hybridized carbons (Fsp3) is 0.333. The lowest BCUT2D eigenvalue weighted by Gasteiger charge is -2.08. The van der Waals surface area contributed by atoms with Gasteiger partial charge in [0.05, 0.1) is 0 Å². The zero-order valence-corrected chi connectivity index (χ0v) is 6.90. The maximum absolute atomic E-state index is 5.41. The van der Waals surface area contributed by atoms with Crippen molar-refractivity contribution in [2.45, 2.75) is 13.1 Å². The first-order valence-corrected chi connectivity index (χ1v) is 5.87. The summed E-state index contributed by atoms with van der Waals surface area (Å²) in [5, 5.41) is 0. The van der Waals surface area contributed by atoms with Crippen molar-refractivity contribution < 1.29 is 4.53 Å². The molecular formula is C6H11NOSi. The summed E-state index contributed by atoms with van der Waals surface area (Å²) in [5.41, 5.74) is 0. The number of nitrogens with zero attached hydrogens (tertiary/aromatic N) is 1. The van der Waals surface area contributed by atoms with E-state index < -0.39 is 9.04 Å². The van der Waals surface area contributed by atoms with Gasteiger partial charge in [0.2, 0.25) is 0 Å². The predicted molar refractivity (Wildman–Crippen MR) is 39.9 cm³/mol. The summed E-state index contributed by atoms with van der Waals surface area (Å²) in [6, 6.07) is 3.91. The quantitative estimate of drug-likeness (QED) is 0.558. The molecule has 0 bridgehead atoms. The first-order chi connectivity index (χ1) is 4.29. The molecule has 1 aromatic rings. The highest BCUT2D eigenvalue weighted by molar-refractivity contribution is 6.48. The second-order valence-electron chi connectivity index (χ2n) is 2.20. The Kier molecular flexibility index (Phi) is 1.95. The minimum atomic E-state index is -0.900. The lowest BCUT2D eigenvalue weighted by molar-refractivity contribution is 0.282. The van der Waals surface area contributed by atoms with Crippen LogP contribution in [-0.4, -0.2) is 13.8 Å². The Bertz CT molecular complexity index is 160. The number of hydrogen-bond donors (Lipinski definition) is 0. The van der Waals surface area contributed by atoms with Crippen LogP contribution in [-0.2, 0) is 0 Å². The molecule has 2 nitrogen and oxygen atoms in total. The van der Waals surface area contributed by atoms with E-state index in [9.17, 15) is 0 Å². The lowest BCUT2D eigenvalue weighted by Crippen LogP contribution is -2.21. The molecule has 0 saturated heterocycles. The minimum absolute atomic E-state index is 0.900. The van der Waals surface area contributed by atoms with Crippen LogP contribution in [0.15, 0.2) is 24.5 Å². The molecule has 0 N–H and O–H groups in total. The largest absolute Gasteiger partial charge is 0.474 e. The molecule has 0 amide bonds. The number of rotatable bonds is 2. The van der Waals surface area contributed by atoms with Crippen molar-refractivity contribution in [2.24, 2.45) is 0 Å². The Hall–Kier alpha value is -0.703. The fourth-order valence-corrected chi connectivity index (χ4v) is 1.26. The Labute approximate surface area is 56.7 Å². The number of hydrogen-bond acceptors (Lipinski definition) is 1. The second-order valence-corrected chi connectivity index (χ2v) is 4.51. The van der Waals surface area contributed by atoms with Crippen molar-refractivity contribution in [3.05, 3.63) is 24.5 Å². The van der Waals surface area contributed by atoms with E-state index in [2.05, 4.69) is 13.1 Å². The molecule has 0 aliphatic rings. The van der Waals surface area contributed by atoms with Crippen LogP contribution in [0.1, 0.15) is 0 Å². The second kappa shape index (κ2) is 2.73. The minimum Gasteiger partial charge on any atom is -0.474 e. The van der Waals surface area contributed by atoms with Gasteiger partial charge in [0, 0.05) is 12.4 Å². The standard InChI is InChI=1S/C6H11NOSi/c1-9(2)8-7-5-3-4-6-7/h3-6,9H,1-2H3. The summed E-state index contributed by atoms with van der Waals surface area (Å²) in [7, 11) is -0.900. The predicted octanol–water partition coefficient (Wildman–Crippen LogP) is 0.900. The first-order valence-electron chi connectivity index (χ1n) is 3.09. The van der Waals surface area contributed by atoms with Gasteiger partial charge >= 0.3 is 0 Å². The van der Waals surface area contributed by atoms with Gasteiger partial charge in [0.1, 0.15) is 0 Å². The maximum Gasteiger partial charge on any atom is 0.264 e. The van der Waals surface area contributed by atoms with Gasteiger partial charge in [0.15, 0.2) is 0 Å². The van der Waals surface area contributed by atoms with E-state index in [0.717, 1.165) is 0 Å². The first kappa shape index (κ1) is 6.42. The smallest absolute Gasteiger partial charge is 0.264 e. The molecule has 0 atom stereocenters. The van der Waals surface area contributed by atoms with Crippen LogP contribution in [0.4, 0.5) is 0 Å². The van der Waals surface area contributed by atoms with Crippen LogP contribution >= 0.6 is 0 Å². The van der Waals surface area contributed by atoms with Gasteiger partial charge < -0.3 is 4.53 Å². The third kappa shape index (κ3) is 1.93. The van der Waals surface area contributed by atoms with Gasteiger partial charge in [-0.05, 0) is 25.2 Å². The van der Waals surface area contributed by atoms with Crippen molar-refractivity contribution in [1.29, 1.82) is 0 Å². The maximum atomic E-state index is 5.41. The molecular weight excluding hydrogens is 130 g/mol. The molecule has 0 spiro atoms. The Morgan fingerprint density at radius 3 is 2.22 bits per heavy atom. The van der Waals surface area contributed by atoms with Crippen molar-refractivity contribution >= 4 is 9.04 Å². The Morgan fingerprint density at radius 2 is 1.78 bits per heavy atom. The van der Waals surface area contributed by atoms with Crippen LogP contribution in [0.25, 0.3) is 0 Å². The topological polar surface area (TPSA) is 14.2 Å². The molecule has 0 saturated carbocycles. The van der Waals surface area contributed by atoms with Crippen LogP contribution in [0.3, 0.4) is 0 Å². The highest BCUT2D eigenvalue weighted by atomic mass is 28.3. The SMILES string of the molecule is C[SiH](C)On1cccc1. The molecule has 0 radical (unpaired) electrons. The van der Waals surface area contributed by atoms with Crippen LogP contribution in [0, 0.1) is 0 Å². The van der Waals surface area contributed by atoms with Crippen LogP contribution in [0.5, 0.6) is 0 Å². The summed E-state index contributed by atoms with van der Waals surface area (Å²) in [6.07, 6.45) is 3.82. The summed E-state index contributed by atoms with van der Waals surface area (Å²) in [5.74, 6) is 0. The van der Waals surface area contributed by atoms with Gasteiger partial charge in [-0.15, -0.1) is 0 Å². The highest BCUT2D eigenvalue weighted by Crippen LogP contribution is 1.86. The van der Waals surface area contributed by atoms with Crippen molar-refractivity contribution in [2.75, 3.05) is 0 Å². The average Bonchev–Trinajstić information content (AvgIpc) is 2.15. The molecule has 50 valence electrons. The van der Waals surface area contributed by atoms with Gasteiger partial charge in [-0.1, -0.05) is 0 Å². The zero-order valence-electron chi connectivity index (χ0n) is 5.74. The fourth-order valence-electron chi connectivity index (χ4n) is 0.632. The molecule has 1 rings (SSSR count). The molecule has 0 fully saturated rings. The van der Waals surface area contributed by atoms with Gasteiger partial charge in [-0.3, -0.25) is 0 Å². The van der Waals surface area contributed by atoms with Crippen LogP contribution < -0.4 is 4.53 Å². The van der Waals surface area contributed by atoms with E-state index in [1.165, 1.54) is 0 Å². The van der Waals surface area contributed by atoms with Gasteiger partial charge in [0.25, 0.3) is 9.04 Å². The van der Waals surface area contributed by atoms with E-state index in [-0.39, 0.29) is 0 Å². The highest BCUT2D eigenvalue weighted by Gasteiger charge is 1.94. The zero-order chi connectivity index (χ0) is 6.69. The molecule has 3 heteroatoms. The average molecular weight is 141 g/mol. The van der Waals surface area contributed by atoms with Gasteiger partial charge in [-0.2, -0.15) is 0 Å². The summed E-state index contributed by atoms with van der Waals surface area (Å²) < 4.78 is 7.17. The van der Waals surface area contributed by atoms with Gasteiger partial charge in [-0.25, -0.2) is 4.73 Å². The van der Waals surface area contributed by atoms with Crippen molar-refractivity contribution in [3.63, 3.8) is 0 Å². The van der Waals surface area contributed by atoms with E-state index >= 15 is 0 Å². The monoisotopic (exact) mass is 141 g/mol. The van der Waals surface area contributed by atoms with E-state index in [1.807, 2.05) is 24.5 Å². The molecule has 0 aliphatic heterocycles. The van der Waals surface area contributed by atoms with E-state index in [4.69, 9.17) is 4.53 Å². The summed E-state index contributed by atoms with van der Waals surface area (Å²) in [4.78, 5) is 0. The normalized spacial score (nSPS) is 10.1. The van der Waals surface area contributed by atoms with Crippen molar-refractivity contribution in [1.82, 2.24) is 4.73 Å². The van der Waals surface area contributed by atoms with Crippen LogP contribution in [0.2, 0.25) is 13.1 Å². The molecule has 1 aromatic heterocycles.